The molecule has 1 unspecified atom stereocenters. The Labute approximate surface area is 133 Å². The third kappa shape index (κ3) is 3.57. The molecule has 3 rings (SSSR count). The highest BCUT2D eigenvalue weighted by Crippen LogP contribution is 2.29. The van der Waals surface area contributed by atoms with Crippen molar-refractivity contribution in [1.82, 2.24) is 19.4 Å². The fraction of sp³-hybridized carbons (Fsp3) is 0.500. The monoisotopic (exact) mass is 298 g/mol. The molecule has 1 aliphatic rings. The van der Waals surface area contributed by atoms with Crippen LogP contribution in [0.3, 0.4) is 0 Å². The molecule has 1 aromatic carbocycles. The predicted molar refractivity (Wildman–Crippen MR) is 90.1 cm³/mol. The summed E-state index contributed by atoms with van der Waals surface area (Å²) in [5.74, 6) is 0. The van der Waals surface area contributed by atoms with Crippen LogP contribution in [0.4, 0.5) is 0 Å². The Morgan fingerprint density at radius 2 is 2.05 bits per heavy atom. The van der Waals surface area contributed by atoms with Crippen LogP contribution in [0.25, 0.3) is 5.69 Å². The first-order chi connectivity index (χ1) is 10.5. The van der Waals surface area contributed by atoms with E-state index in [-0.39, 0.29) is 0 Å². The van der Waals surface area contributed by atoms with Crippen molar-refractivity contribution in [3.8, 4) is 5.69 Å². The highest BCUT2D eigenvalue weighted by Gasteiger charge is 2.32. The third-order valence-electron chi connectivity index (χ3n) is 4.59. The zero-order valence-electron chi connectivity index (χ0n) is 13.9. The van der Waals surface area contributed by atoms with Crippen molar-refractivity contribution in [1.29, 1.82) is 0 Å². The predicted octanol–water partition coefficient (Wildman–Crippen LogP) is 2.65. The summed E-state index contributed by atoms with van der Waals surface area (Å²) in [4.78, 5) is 8.98. The van der Waals surface area contributed by atoms with Gasteiger partial charge in [0, 0.05) is 37.7 Å². The molecule has 0 N–H and O–H groups in total. The van der Waals surface area contributed by atoms with Crippen LogP contribution in [0.1, 0.15) is 18.9 Å². The number of imidazole rings is 1. The van der Waals surface area contributed by atoms with E-state index in [9.17, 15) is 0 Å². The van der Waals surface area contributed by atoms with Gasteiger partial charge in [-0.05, 0) is 50.2 Å². The minimum atomic E-state index is 0.431. The van der Waals surface area contributed by atoms with Crippen LogP contribution in [-0.4, -0.2) is 53.1 Å². The molecule has 0 bridgehead atoms. The van der Waals surface area contributed by atoms with Gasteiger partial charge in [0.1, 0.15) is 0 Å². The lowest BCUT2D eigenvalue weighted by Gasteiger charge is -2.30. The fourth-order valence-corrected chi connectivity index (χ4v) is 3.60. The standard InChI is InChI=1S/C18H26N4/c1-18(8-10-20(2)13-18)14-21(3)12-16-4-6-17(7-5-16)22-11-9-19-15-22/h4-7,9,11,15H,8,10,12-14H2,1-3H3. The van der Waals surface area contributed by atoms with Crippen molar-refractivity contribution in [3.05, 3.63) is 48.5 Å². The SMILES string of the molecule is CN1CCC(C)(CN(C)Cc2ccc(-n3ccnc3)cc2)C1. The number of rotatable bonds is 5. The van der Waals surface area contributed by atoms with Crippen LogP contribution in [0.15, 0.2) is 43.0 Å². The smallest absolute Gasteiger partial charge is 0.0991 e. The minimum Gasteiger partial charge on any atom is -0.306 e. The number of aromatic nitrogens is 2. The first-order valence-corrected chi connectivity index (χ1v) is 7.98. The Morgan fingerprint density at radius 3 is 2.64 bits per heavy atom. The van der Waals surface area contributed by atoms with E-state index in [1.54, 1.807) is 6.20 Å². The normalized spacial score (nSPS) is 22.5. The summed E-state index contributed by atoms with van der Waals surface area (Å²) < 4.78 is 2.03. The molecule has 4 nitrogen and oxygen atoms in total. The molecule has 0 amide bonds. The van der Waals surface area contributed by atoms with Crippen LogP contribution in [0.2, 0.25) is 0 Å². The van der Waals surface area contributed by atoms with E-state index >= 15 is 0 Å². The van der Waals surface area contributed by atoms with Gasteiger partial charge in [-0.3, -0.25) is 0 Å². The summed E-state index contributed by atoms with van der Waals surface area (Å²) in [5, 5.41) is 0. The summed E-state index contributed by atoms with van der Waals surface area (Å²) in [6.07, 6.45) is 6.91. The first-order valence-electron chi connectivity index (χ1n) is 7.98. The van der Waals surface area contributed by atoms with Crippen molar-refractivity contribution in [3.63, 3.8) is 0 Å². The molecular weight excluding hydrogens is 272 g/mol. The van der Waals surface area contributed by atoms with Gasteiger partial charge in [-0.15, -0.1) is 0 Å². The van der Waals surface area contributed by atoms with E-state index in [1.807, 2.05) is 17.1 Å². The number of benzene rings is 1. The van der Waals surface area contributed by atoms with Gasteiger partial charge in [-0.1, -0.05) is 19.1 Å². The lowest BCUT2D eigenvalue weighted by molar-refractivity contribution is 0.190. The second-order valence-corrected chi connectivity index (χ2v) is 7.11. The molecule has 4 heteroatoms. The fourth-order valence-electron chi connectivity index (χ4n) is 3.60. The van der Waals surface area contributed by atoms with E-state index in [4.69, 9.17) is 0 Å². The van der Waals surface area contributed by atoms with E-state index in [0.29, 0.717) is 5.41 Å². The number of hydrogen-bond acceptors (Lipinski definition) is 3. The van der Waals surface area contributed by atoms with Gasteiger partial charge in [0.2, 0.25) is 0 Å². The molecule has 1 aromatic heterocycles. The second-order valence-electron chi connectivity index (χ2n) is 7.11. The molecule has 0 radical (unpaired) electrons. The third-order valence-corrected chi connectivity index (χ3v) is 4.59. The van der Waals surface area contributed by atoms with Crippen LogP contribution in [0, 0.1) is 5.41 Å². The van der Waals surface area contributed by atoms with Crippen LogP contribution < -0.4 is 0 Å². The molecule has 1 atom stereocenters. The molecule has 2 aromatic rings. The average molecular weight is 298 g/mol. The van der Waals surface area contributed by atoms with Gasteiger partial charge in [-0.2, -0.15) is 0 Å². The molecule has 0 aliphatic carbocycles. The van der Waals surface area contributed by atoms with Crippen LogP contribution in [0.5, 0.6) is 0 Å². The van der Waals surface area contributed by atoms with E-state index < -0.39 is 0 Å². The molecule has 0 saturated carbocycles. The Bertz CT molecular complexity index is 590. The van der Waals surface area contributed by atoms with Gasteiger partial charge >= 0.3 is 0 Å². The lowest BCUT2D eigenvalue weighted by Crippen LogP contribution is -2.35. The maximum Gasteiger partial charge on any atom is 0.0991 e. The molecule has 2 heterocycles. The summed E-state index contributed by atoms with van der Waals surface area (Å²) in [6, 6.07) is 8.76. The van der Waals surface area contributed by atoms with Crippen LogP contribution in [-0.2, 0) is 6.54 Å². The Balaban J connectivity index is 1.58. The highest BCUT2D eigenvalue weighted by molar-refractivity contribution is 5.34. The molecule has 1 fully saturated rings. The molecule has 118 valence electrons. The lowest BCUT2D eigenvalue weighted by atomic mass is 9.89. The Morgan fingerprint density at radius 1 is 1.27 bits per heavy atom. The van der Waals surface area contributed by atoms with Crippen molar-refractivity contribution >= 4 is 0 Å². The van der Waals surface area contributed by atoms with Gasteiger partial charge in [-0.25, -0.2) is 4.98 Å². The van der Waals surface area contributed by atoms with E-state index in [0.717, 1.165) is 18.8 Å². The number of likely N-dealkylation sites (tertiary alicyclic amines) is 1. The number of nitrogens with zero attached hydrogens (tertiary/aromatic N) is 4. The summed E-state index contributed by atoms with van der Waals surface area (Å²) >= 11 is 0. The number of hydrogen-bond donors (Lipinski definition) is 0. The highest BCUT2D eigenvalue weighted by atomic mass is 15.2. The van der Waals surface area contributed by atoms with Gasteiger partial charge in [0.25, 0.3) is 0 Å². The summed E-state index contributed by atoms with van der Waals surface area (Å²) in [6.45, 7) is 7.00. The topological polar surface area (TPSA) is 24.3 Å². The minimum absolute atomic E-state index is 0.431. The molecular formula is C18H26N4. The second kappa shape index (κ2) is 6.23. The van der Waals surface area contributed by atoms with Crippen LogP contribution >= 0.6 is 0 Å². The van der Waals surface area contributed by atoms with Crippen molar-refractivity contribution in [2.45, 2.75) is 19.9 Å². The zero-order valence-corrected chi connectivity index (χ0v) is 13.9. The summed E-state index contributed by atoms with van der Waals surface area (Å²) in [7, 11) is 4.45. The Kier molecular flexibility index (Phi) is 4.32. The molecule has 1 saturated heterocycles. The maximum atomic E-state index is 4.09. The maximum absolute atomic E-state index is 4.09. The van der Waals surface area contributed by atoms with E-state index in [2.05, 4.69) is 60.1 Å². The molecule has 1 aliphatic heterocycles. The van der Waals surface area contributed by atoms with Crippen molar-refractivity contribution < 1.29 is 0 Å². The van der Waals surface area contributed by atoms with Gasteiger partial charge in [0.05, 0.1) is 6.33 Å². The van der Waals surface area contributed by atoms with E-state index in [1.165, 1.54) is 25.1 Å². The zero-order chi connectivity index (χ0) is 15.6. The van der Waals surface area contributed by atoms with Crippen molar-refractivity contribution in [2.24, 2.45) is 5.41 Å². The Hall–Kier alpha value is -1.65. The molecule has 0 spiro atoms. The largest absolute Gasteiger partial charge is 0.306 e. The first kappa shape index (κ1) is 15.3. The quantitative estimate of drug-likeness (QED) is 0.848. The van der Waals surface area contributed by atoms with Gasteiger partial charge < -0.3 is 14.4 Å². The average Bonchev–Trinajstić information content (AvgIpc) is 3.10. The summed E-state index contributed by atoms with van der Waals surface area (Å²) in [5.41, 5.74) is 2.95. The van der Waals surface area contributed by atoms with Crippen molar-refractivity contribution in [2.75, 3.05) is 33.7 Å². The van der Waals surface area contributed by atoms with Gasteiger partial charge in [0.15, 0.2) is 0 Å². The molecule has 22 heavy (non-hydrogen) atoms.